The second-order valence-corrected chi connectivity index (χ2v) is 5.92. The van der Waals surface area contributed by atoms with Gasteiger partial charge in [-0.3, -0.25) is 4.79 Å². The molecule has 0 saturated heterocycles. The fraction of sp³-hybridized carbons (Fsp3) is 0.417. The van der Waals surface area contributed by atoms with Crippen molar-refractivity contribution in [3.05, 3.63) is 24.3 Å². The molecule has 1 rings (SSSR count). The number of anilines is 1. The van der Waals surface area contributed by atoms with Gasteiger partial charge in [0.2, 0.25) is 0 Å². The average molecular weight is 271 g/mol. The van der Waals surface area contributed by atoms with Crippen LogP contribution in [0.25, 0.3) is 0 Å². The highest BCUT2D eigenvalue weighted by molar-refractivity contribution is 7.90. The molecule has 0 aliphatic rings. The molecule has 100 valence electrons. The third-order valence-corrected chi connectivity index (χ3v) is 3.53. The predicted molar refractivity (Wildman–Crippen MR) is 69.3 cm³/mol. The third kappa shape index (κ3) is 4.75. The van der Waals surface area contributed by atoms with Gasteiger partial charge in [-0.05, 0) is 30.7 Å². The van der Waals surface area contributed by atoms with Crippen molar-refractivity contribution in [2.45, 2.75) is 17.7 Å². The van der Waals surface area contributed by atoms with Crippen molar-refractivity contribution < 1.29 is 17.9 Å². The number of rotatable bonds is 6. The van der Waals surface area contributed by atoms with Gasteiger partial charge in [-0.25, -0.2) is 8.42 Å². The van der Waals surface area contributed by atoms with Gasteiger partial charge in [-0.1, -0.05) is 0 Å². The first-order valence-electron chi connectivity index (χ1n) is 5.54. The first-order valence-corrected chi connectivity index (χ1v) is 7.43. The number of methoxy groups -OCH3 is 1. The SMILES string of the molecule is COC(=O)CCCNc1ccc(S(C)(=O)=O)cc1. The Morgan fingerprint density at radius 3 is 2.39 bits per heavy atom. The highest BCUT2D eigenvalue weighted by atomic mass is 32.2. The topological polar surface area (TPSA) is 72.5 Å². The van der Waals surface area contributed by atoms with Crippen LogP contribution in [0.15, 0.2) is 29.2 Å². The second-order valence-electron chi connectivity index (χ2n) is 3.90. The Kier molecular flexibility index (Phi) is 5.15. The number of esters is 1. The summed E-state index contributed by atoms with van der Waals surface area (Å²) in [5.74, 6) is -0.232. The lowest BCUT2D eigenvalue weighted by molar-refractivity contribution is -0.140. The quantitative estimate of drug-likeness (QED) is 0.626. The standard InChI is InChI=1S/C12H17NO4S/c1-17-12(14)4-3-9-13-10-5-7-11(8-6-10)18(2,15)16/h5-8,13H,3-4,9H2,1-2H3. The number of ether oxygens (including phenoxy) is 1. The first-order chi connectivity index (χ1) is 8.43. The molecule has 0 heterocycles. The van der Waals surface area contributed by atoms with Gasteiger partial charge in [0.1, 0.15) is 0 Å². The number of hydrogen-bond donors (Lipinski definition) is 1. The number of hydrogen-bond acceptors (Lipinski definition) is 5. The lowest BCUT2D eigenvalue weighted by Crippen LogP contribution is -2.06. The monoisotopic (exact) mass is 271 g/mol. The van der Waals surface area contributed by atoms with Crippen molar-refractivity contribution in [2.24, 2.45) is 0 Å². The molecule has 1 N–H and O–H groups in total. The molecule has 6 heteroatoms. The van der Waals surface area contributed by atoms with Crippen LogP contribution in [0, 0.1) is 0 Å². The van der Waals surface area contributed by atoms with E-state index >= 15 is 0 Å². The zero-order valence-electron chi connectivity index (χ0n) is 10.5. The summed E-state index contributed by atoms with van der Waals surface area (Å²) in [5.41, 5.74) is 0.826. The van der Waals surface area contributed by atoms with E-state index in [2.05, 4.69) is 10.1 Å². The van der Waals surface area contributed by atoms with E-state index in [0.29, 0.717) is 24.3 Å². The van der Waals surface area contributed by atoms with Crippen molar-refractivity contribution in [3.8, 4) is 0 Å². The number of sulfone groups is 1. The molecule has 0 aromatic heterocycles. The van der Waals surface area contributed by atoms with E-state index in [-0.39, 0.29) is 5.97 Å². The molecular weight excluding hydrogens is 254 g/mol. The summed E-state index contributed by atoms with van der Waals surface area (Å²) in [6.45, 7) is 0.632. The zero-order chi connectivity index (χ0) is 13.6. The maximum Gasteiger partial charge on any atom is 0.305 e. The number of carbonyl (C=O) groups is 1. The van der Waals surface area contributed by atoms with Crippen LogP contribution in [-0.4, -0.2) is 34.3 Å². The number of carbonyl (C=O) groups excluding carboxylic acids is 1. The van der Waals surface area contributed by atoms with E-state index in [4.69, 9.17) is 0 Å². The Bertz CT molecular complexity index is 493. The Morgan fingerprint density at radius 2 is 1.89 bits per heavy atom. The lowest BCUT2D eigenvalue weighted by Gasteiger charge is -2.06. The molecular formula is C12H17NO4S. The maximum atomic E-state index is 11.2. The van der Waals surface area contributed by atoms with Crippen LogP contribution in [-0.2, 0) is 19.4 Å². The Labute approximate surface area is 107 Å². The van der Waals surface area contributed by atoms with Crippen LogP contribution in [0.4, 0.5) is 5.69 Å². The van der Waals surface area contributed by atoms with Crippen LogP contribution in [0.3, 0.4) is 0 Å². The van der Waals surface area contributed by atoms with Crippen LogP contribution in [0.1, 0.15) is 12.8 Å². The van der Waals surface area contributed by atoms with E-state index in [1.54, 1.807) is 24.3 Å². The summed E-state index contributed by atoms with van der Waals surface area (Å²) in [7, 11) is -1.79. The Morgan fingerprint density at radius 1 is 1.28 bits per heavy atom. The van der Waals surface area contributed by atoms with Crippen LogP contribution < -0.4 is 5.32 Å². The van der Waals surface area contributed by atoms with Gasteiger partial charge in [0.15, 0.2) is 9.84 Å². The molecule has 0 aliphatic heterocycles. The molecule has 0 unspecified atom stereocenters. The van der Waals surface area contributed by atoms with Gasteiger partial charge in [-0.2, -0.15) is 0 Å². The van der Waals surface area contributed by atoms with Gasteiger partial charge < -0.3 is 10.1 Å². The minimum absolute atomic E-state index is 0.232. The molecule has 0 spiro atoms. The summed E-state index contributed by atoms with van der Waals surface area (Å²) >= 11 is 0. The van der Waals surface area contributed by atoms with E-state index in [0.717, 1.165) is 5.69 Å². The molecule has 0 fully saturated rings. The Balaban J connectivity index is 2.43. The molecule has 1 aromatic rings. The average Bonchev–Trinajstić information content (AvgIpc) is 2.33. The van der Waals surface area contributed by atoms with Crippen LogP contribution >= 0.6 is 0 Å². The molecule has 18 heavy (non-hydrogen) atoms. The van der Waals surface area contributed by atoms with E-state index in [1.165, 1.54) is 13.4 Å². The third-order valence-electron chi connectivity index (χ3n) is 2.40. The minimum atomic E-state index is -3.15. The van der Waals surface area contributed by atoms with Crippen molar-refractivity contribution >= 4 is 21.5 Å². The molecule has 0 saturated carbocycles. The number of nitrogens with one attached hydrogen (secondary N) is 1. The van der Waals surface area contributed by atoms with Crippen LogP contribution in [0.2, 0.25) is 0 Å². The van der Waals surface area contributed by atoms with Crippen molar-refractivity contribution in [2.75, 3.05) is 25.2 Å². The van der Waals surface area contributed by atoms with E-state index in [1.807, 2.05) is 0 Å². The van der Waals surface area contributed by atoms with E-state index in [9.17, 15) is 13.2 Å². The summed E-state index contributed by atoms with van der Waals surface area (Å²) in [4.78, 5) is 11.2. The zero-order valence-corrected chi connectivity index (χ0v) is 11.3. The molecule has 0 bridgehead atoms. The normalized spacial score (nSPS) is 11.0. The Hall–Kier alpha value is -1.56. The fourth-order valence-electron chi connectivity index (χ4n) is 1.39. The minimum Gasteiger partial charge on any atom is -0.469 e. The molecule has 1 aromatic carbocycles. The summed E-state index contributed by atoms with van der Waals surface area (Å²) in [6.07, 6.45) is 2.21. The largest absolute Gasteiger partial charge is 0.469 e. The molecule has 0 radical (unpaired) electrons. The van der Waals surface area contributed by atoms with Gasteiger partial charge >= 0.3 is 5.97 Å². The first kappa shape index (κ1) is 14.5. The fourth-order valence-corrected chi connectivity index (χ4v) is 2.02. The van der Waals surface area contributed by atoms with Gasteiger partial charge in [0, 0.05) is 24.9 Å². The summed E-state index contributed by atoms with van der Waals surface area (Å²) in [6, 6.07) is 6.51. The highest BCUT2D eigenvalue weighted by Crippen LogP contribution is 2.13. The lowest BCUT2D eigenvalue weighted by atomic mass is 10.3. The second kappa shape index (κ2) is 6.39. The van der Waals surface area contributed by atoms with Gasteiger partial charge in [0.05, 0.1) is 12.0 Å². The highest BCUT2D eigenvalue weighted by Gasteiger charge is 2.05. The van der Waals surface area contributed by atoms with Gasteiger partial charge in [0.25, 0.3) is 0 Å². The summed E-state index contributed by atoms with van der Waals surface area (Å²) < 4.78 is 27.0. The smallest absolute Gasteiger partial charge is 0.305 e. The molecule has 5 nitrogen and oxygen atoms in total. The van der Waals surface area contributed by atoms with Crippen LogP contribution in [0.5, 0.6) is 0 Å². The molecule has 0 amide bonds. The molecule has 0 aliphatic carbocycles. The van der Waals surface area contributed by atoms with Crippen molar-refractivity contribution in [1.82, 2.24) is 0 Å². The predicted octanol–water partition coefficient (Wildman–Crippen LogP) is 1.46. The maximum absolute atomic E-state index is 11.2. The van der Waals surface area contributed by atoms with E-state index < -0.39 is 9.84 Å². The number of benzene rings is 1. The molecule has 0 atom stereocenters. The summed E-state index contributed by atoms with van der Waals surface area (Å²) in [5, 5.41) is 3.10. The van der Waals surface area contributed by atoms with Gasteiger partial charge in [-0.15, -0.1) is 0 Å². The van der Waals surface area contributed by atoms with Crippen molar-refractivity contribution in [3.63, 3.8) is 0 Å². The van der Waals surface area contributed by atoms with Crippen molar-refractivity contribution in [1.29, 1.82) is 0 Å².